The summed E-state index contributed by atoms with van der Waals surface area (Å²) in [6.07, 6.45) is 3.02. The molecule has 176 valence electrons. The van der Waals surface area contributed by atoms with Gasteiger partial charge in [-0.3, -0.25) is 9.59 Å². The number of benzene rings is 2. The average molecular weight is 455 g/mol. The number of carbonyl (C=O) groups excluding carboxylic acids is 2. The molecular formula is C26H31FN2O4. The van der Waals surface area contributed by atoms with Crippen LogP contribution in [0.5, 0.6) is 5.75 Å². The normalized spacial score (nSPS) is 22.2. The summed E-state index contributed by atoms with van der Waals surface area (Å²) in [5, 5.41) is 0. The van der Waals surface area contributed by atoms with Crippen molar-refractivity contribution in [3.8, 4) is 5.75 Å². The molecular weight excluding hydrogens is 423 g/mol. The lowest BCUT2D eigenvalue weighted by Crippen LogP contribution is -2.61. The van der Waals surface area contributed by atoms with Gasteiger partial charge in [-0.05, 0) is 61.9 Å². The standard InChI is InChI=1S/C26H31FN2O4/c1-19-10-11-21(17-22(19)27)24(30)29-14-16-33-26(18-29)12-6-5-8-20-7-3-4-9-23(20)32-15-13-28(2)25(26)31/h3-4,7,9-11,17H,5-6,8,12-16,18H2,1-2H3. The molecule has 2 amide bonds. The van der Waals surface area contributed by atoms with Gasteiger partial charge in [0.05, 0.1) is 19.7 Å². The number of fused-ring (bicyclic) bond motifs is 1. The molecule has 2 heterocycles. The van der Waals surface area contributed by atoms with Gasteiger partial charge in [0.1, 0.15) is 18.2 Å². The van der Waals surface area contributed by atoms with Gasteiger partial charge in [0.2, 0.25) is 0 Å². The summed E-state index contributed by atoms with van der Waals surface area (Å²) in [6, 6.07) is 12.5. The van der Waals surface area contributed by atoms with Crippen molar-refractivity contribution in [3.63, 3.8) is 0 Å². The van der Waals surface area contributed by atoms with Gasteiger partial charge in [-0.1, -0.05) is 24.3 Å². The van der Waals surface area contributed by atoms with E-state index in [-0.39, 0.29) is 30.5 Å². The maximum Gasteiger partial charge on any atom is 0.256 e. The molecule has 1 atom stereocenters. The Bertz CT molecular complexity index is 1030. The van der Waals surface area contributed by atoms with Gasteiger partial charge < -0.3 is 19.3 Å². The van der Waals surface area contributed by atoms with E-state index in [2.05, 4.69) is 6.07 Å². The number of aryl methyl sites for hydroxylation is 2. The van der Waals surface area contributed by atoms with Crippen molar-refractivity contribution in [2.75, 3.05) is 39.9 Å². The summed E-state index contributed by atoms with van der Waals surface area (Å²) in [7, 11) is 1.74. The molecule has 0 bridgehead atoms. The number of hydrogen-bond donors (Lipinski definition) is 0. The van der Waals surface area contributed by atoms with Crippen LogP contribution in [0.25, 0.3) is 0 Å². The van der Waals surface area contributed by atoms with E-state index in [9.17, 15) is 14.0 Å². The first-order valence-electron chi connectivity index (χ1n) is 11.6. The number of ether oxygens (including phenoxy) is 2. The number of rotatable bonds is 1. The monoisotopic (exact) mass is 454 g/mol. The van der Waals surface area contributed by atoms with Crippen molar-refractivity contribution in [1.29, 1.82) is 0 Å². The maximum absolute atomic E-state index is 14.1. The van der Waals surface area contributed by atoms with Crippen molar-refractivity contribution in [2.45, 2.75) is 38.2 Å². The number of nitrogens with zero attached hydrogens (tertiary/aromatic N) is 2. The Labute approximate surface area is 194 Å². The van der Waals surface area contributed by atoms with Gasteiger partial charge in [-0.25, -0.2) is 4.39 Å². The largest absolute Gasteiger partial charge is 0.491 e. The van der Waals surface area contributed by atoms with Crippen molar-refractivity contribution >= 4 is 11.8 Å². The molecule has 0 N–H and O–H groups in total. The summed E-state index contributed by atoms with van der Waals surface area (Å²) < 4.78 is 26.1. The highest BCUT2D eigenvalue weighted by Crippen LogP contribution is 2.30. The molecule has 1 spiro atoms. The summed E-state index contributed by atoms with van der Waals surface area (Å²) >= 11 is 0. The number of carbonyl (C=O) groups is 2. The number of morpholine rings is 1. The van der Waals surface area contributed by atoms with Crippen LogP contribution in [0.2, 0.25) is 0 Å². The number of hydrogen-bond acceptors (Lipinski definition) is 4. The van der Waals surface area contributed by atoms with Crippen LogP contribution in [0.3, 0.4) is 0 Å². The molecule has 1 saturated heterocycles. The first-order valence-corrected chi connectivity index (χ1v) is 11.6. The molecule has 4 rings (SSSR count). The van der Waals surface area contributed by atoms with Crippen LogP contribution in [-0.2, 0) is 16.0 Å². The lowest BCUT2D eigenvalue weighted by atomic mass is 9.91. The highest BCUT2D eigenvalue weighted by molar-refractivity contribution is 5.95. The molecule has 2 aliphatic heterocycles. The van der Waals surface area contributed by atoms with Crippen LogP contribution in [-0.4, -0.2) is 67.1 Å². The summed E-state index contributed by atoms with van der Waals surface area (Å²) in [5.41, 5.74) is 0.827. The Kier molecular flexibility index (Phi) is 6.98. The molecule has 0 saturated carbocycles. The third-order valence-corrected chi connectivity index (χ3v) is 6.56. The molecule has 33 heavy (non-hydrogen) atoms. The fraction of sp³-hybridized carbons (Fsp3) is 0.462. The quantitative estimate of drug-likeness (QED) is 0.661. The first-order chi connectivity index (χ1) is 15.9. The van der Waals surface area contributed by atoms with Gasteiger partial charge in [0, 0.05) is 19.2 Å². The molecule has 0 aliphatic carbocycles. The second-order valence-electron chi connectivity index (χ2n) is 8.92. The third-order valence-electron chi connectivity index (χ3n) is 6.56. The van der Waals surface area contributed by atoms with E-state index in [1.807, 2.05) is 18.2 Å². The van der Waals surface area contributed by atoms with E-state index >= 15 is 0 Å². The van der Waals surface area contributed by atoms with E-state index in [1.165, 1.54) is 6.07 Å². The number of likely N-dealkylation sites (N-methyl/N-ethyl adjacent to an activating group) is 1. The molecule has 7 heteroatoms. The van der Waals surface area contributed by atoms with E-state index in [0.29, 0.717) is 31.7 Å². The SMILES string of the molecule is Cc1ccc(C(=O)N2CCOC3(CCCCc4ccccc4OCCN(C)C3=O)C2)cc1F. The molecule has 0 radical (unpaired) electrons. The fourth-order valence-corrected chi connectivity index (χ4v) is 4.57. The van der Waals surface area contributed by atoms with Crippen LogP contribution < -0.4 is 4.74 Å². The van der Waals surface area contributed by atoms with Gasteiger partial charge in [0.25, 0.3) is 11.8 Å². The van der Waals surface area contributed by atoms with E-state index in [0.717, 1.165) is 30.6 Å². The van der Waals surface area contributed by atoms with Gasteiger partial charge >= 0.3 is 0 Å². The fourth-order valence-electron chi connectivity index (χ4n) is 4.57. The zero-order chi connectivity index (χ0) is 23.4. The number of para-hydroxylation sites is 1. The smallest absolute Gasteiger partial charge is 0.256 e. The Morgan fingerprint density at radius 1 is 1.09 bits per heavy atom. The lowest BCUT2D eigenvalue weighted by molar-refractivity contribution is -0.169. The molecule has 1 unspecified atom stereocenters. The Balaban J connectivity index is 1.54. The van der Waals surface area contributed by atoms with Crippen molar-refractivity contribution in [2.24, 2.45) is 0 Å². The van der Waals surface area contributed by atoms with Crippen LogP contribution in [0.4, 0.5) is 4.39 Å². The second kappa shape index (κ2) is 9.91. The minimum absolute atomic E-state index is 0.146. The Hall–Kier alpha value is -2.93. The maximum atomic E-state index is 14.1. The van der Waals surface area contributed by atoms with Gasteiger partial charge in [0.15, 0.2) is 5.60 Å². The molecule has 6 nitrogen and oxygen atoms in total. The van der Waals surface area contributed by atoms with Gasteiger partial charge in [-0.15, -0.1) is 0 Å². The minimum Gasteiger partial charge on any atom is -0.491 e. The minimum atomic E-state index is -1.11. The van der Waals surface area contributed by atoms with Crippen LogP contribution in [0.15, 0.2) is 42.5 Å². The topological polar surface area (TPSA) is 59.1 Å². The zero-order valence-corrected chi connectivity index (χ0v) is 19.3. The molecule has 2 aromatic carbocycles. The third kappa shape index (κ3) is 5.03. The Morgan fingerprint density at radius 2 is 1.91 bits per heavy atom. The van der Waals surface area contributed by atoms with E-state index < -0.39 is 11.4 Å². The number of amides is 2. The first kappa shape index (κ1) is 23.2. The van der Waals surface area contributed by atoms with E-state index in [4.69, 9.17) is 9.47 Å². The molecule has 0 aromatic heterocycles. The highest BCUT2D eigenvalue weighted by atomic mass is 19.1. The lowest BCUT2D eigenvalue weighted by Gasteiger charge is -2.43. The van der Waals surface area contributed by atoms with Crippen molar-refractivity contribution in [1.82, 2.24) is 9.80 Å². The predicted octanol–water partition coefficient (Wildman–Crippen LogP) is 3.61. The van der Waals surface area contributed by atoms with Crippen molar-refractivity contribution in [3.05, 3.63) is 65.0 Å². The van der Waals surface area contributed by atoms with Crippen LogP contribution in [0.1, 0.15) is 40.7 Å². The van der Waals surface area contributed by atoms with E-state index in [1.54, 1.807) is 35.9 Å². The zero-order valence-electron chi connectivity index (χ0n) is 19.3. The van der Waals surface area contributed by atoms with Crippen molar-refractivity contribution < 1.29 is 23.5 Å². The average Bonchev–Trinajstić information content (AvgIpc) is 2.83. The number of halogens is 1. The molecule has 2 aromatic rings. The van der Waals surface area contributed by atoms with Crippen LogP contribution in [0, 0.1) is 12.7 Å². The Morgan fingerprint density at radius 3 is 2.73 bits per heavy atom. The van der Waals surface area contributed by atoms with Gasteiger partial charge in [-0.2, -0.15) is 0 Å². The highest BCUT2D eigenvalue weighted by Gasteiger charge is 2.46. The second-order valence-corrected chi connectivity index (χ2v) is 8.92. The molecule has 2 aliphatic rings. The summed E-state index contributed by atoms with van der Waals surface area (Å²) in [5.74, 6) is 0.0264. The summed E-state index contributed by atoms with van der Waals surface area (Å²) in [4.78, 5) is 29.9. The predicted molar refractivity (Wildman–Crippen MR) is 123 cm³/mol. The molecule has 1 fully saturated rings. The summed E-state index contributed by atoms with van der Waals surface area (Å²) in [6.45, 7) is 3.23. The van der Waals surface area contributed by atoms with Crippen LogP contribution >= 0.6 is 0 Å².